The lowest BCUT2D eigenvalue weighted by molar-refractivity contribution is 0.102. The summed E-state index contributed by atoms with van der Waals surface area (Å²) >= 11 is 1.55. The van der Waals surface area contributed by atoms with E-state index in [0.29, 0.717) is 17.1 Å². The predicted molar refractivity (Wildman–Crippen MR) is 85.9 cm³/mol. The van der Waals surface area contributed by atoms with Crippen molar-refractivity contribution in [3.8, 4) is 6.07 Å². The molecule has 1 aromatic carbocycles. The molecule has 5 nitrogen and oxygen atoms in total. The Labute approximate surface area is 133 Å². The van der Waals surface area contributed by atoms with Crippen LogP contribution in [0.2, 0.25) is 0 Å². The van der Waals surface area contributed by atoms with Crippen molar-refractivity contribution < 1.29 is 4.79 Å². The van der Waals surface area contributed by atoms with Crippen molar-refractivity contribution in [2.75, 3.05) is 18.9 Å². The highest BCUT2D eigenvalue weighted by Crippen LogP contribution is 2.28. The van der Waals surface area contributed by atoms with Crippen LogP contribution in [-0.2, 0) is 19.4 Å². The first-order chi connectivity index (χ1) is 10.7. The van der Waals surface area contributed by atoms with Crippen molar-refractivity contribution in [2.24, 2.45) is 0 Å². The molecule has 2 heterocycles. The lowest BCUT2D eigenvalue weighted by atomic mass is 10.1. The first kappa shape index (κ1) is 14.7. The Kier molecular flexibility index (Phi) is 4.18. The van der Waals surface area contributed by atoms with Gasteiger partial charge in [0.05, 0.1) is 18.2 Å². The fraction of sp³-hybridized carbons (Fsp3) is 0.312. The summed E-state index contributed by atoms with van der Waals surface area (Å²) in [5, 5.41) is 12.2. The van der Waals surface area contributed by atoms with E-state index in [1.165, 1.54) is 4.88 Å². The molecule has 112 valence electrons. The van der Waals surface area contributed by atoms with Gasteiger partial charge in [0.25, 0.3) is 5.91 Å². The van der Waals surface area contributed by atoms with E-state index in [0.717, 1.165) is 30.8 Å². The summed E-state index contributed by atoms with van der Waals surface area (Å²) in [4.78, 5) is 20.2. The predicted octanol–water partition coefficient (Wildman–Crippen LogP) is 2.45. The van der Waals surface area contributed by atoms with Gasteiger partial charge in [-0.3, -0.25) is 10.1 Å². The van der Waals surface area contributed by atoms with Gasteiger partial charge in [-0.1, -0.05) is 12.1 Å². The maximum atomic E-state index is 12.2. The molecular weight excluding hydrogens is 296 g/mol. The maximum Gasteiger partial charge on any atom is 0.257 e. The number of fused-ring (bicyclic) bond motifs is 1. The van der Waals surface area contributed by atoms with Crippen molar-refractivity contribution in [3.63, 3.8) is 0 Å². The number of benzene rings is 1. The van der Waals surface area contributed by atoms with Crippen LogP contribution < -0.4 is 5.32 Å². The van der Waals surface area contributed by atoms with E-state index in [1.54, 1.807) is 35.6 Å². The third kappa shape index (κ3) is 3.16. The fourth-order valence-electron chi connectivity index (χ4n) is 2.41. The topological polar surface area (TPSA) is 69.0 Å². The van der Waals surface area contributed by atoms with Crippen LogP contribution in [0.1, 0.15) is 26.5 Å². The van der Waals surface area contributed by atoms with E-state index in [9.17, 15) is 4.79 Å². The average Bonchev–Trinajstić information content (AvgIpc) is 2.89. The van der Waals surface area contributed by atoms with Gasteiger partial charge in [0.1, 0.15) is 0 Å². The molecule has 0 saturated carbocycles. The number of nitrogens with one attached hydrogen (secondary N) is 1. The number of hydrogen-bond donors (Lipinski definition) is 1. The average molecular weight is 312 g/mol. The molecule has 0 fully saturated rings. The summed E-state index contributed by atoms with van der Waals surface area (Å²) < 4.78 is 0. The summed E-state index contributed by atoms with van der Waals surface area (Å²) in [5.41, 5.74) is 2.58. The van der Waals surface area contributed by atoms with Gasteiger partial charge >= 0.3 is 0 Å². The molecule has 6 heteroatoms. The number of anilines is 1. The SMILES string of the molecule is CN1CCc2nc(NC(=O)c3ccc(CC#N)cc3)sc2C1. The van der Waals surface area contributed by atoms with Crippen molar-refractivity contribution in [3.05, 3.63) is 46.0 Å². The first-order valence-corrected chi connectivity index (χ1v) is 7.91. The number of carbonyl (C=O) groups is 1. The highest BCUT2D eigenvalue weighted by Gasteiger charge is 2.19. The minimum Gasteiger partial charge on any atom is -0.301 e. The molecule has 0 atom stereocenters. The number of amides is 1. The number of carbonyl (C=O) groups excluding carboxylic acids is 1. The molecule has 1 amide bonds. The van der Waals surface area contributed by atoms with E-state index >= 15 is 0 Å². The van der Waals surface area contributed by atoms with Crippen LogP contribution in [0, 0.1) is 11.3 Å². The van der Waals surface area contributed by atoms with Gasteiger partial charge in [-0.15, -0.1) is 11.3 Å². The molecule has 1 aromatic heterocycles. The zero-order valence-electron chi connectivity index (χ0n) is 12.3. The number of nitriles is 1. The molecule has 1 aliphatic rings. The van der Waals surface area contributed by atoms with Crippen molar-refractivity contribution in [2.45, 2.75) is 19.4 Å². The van der Waals surface area contributed by atoms with Crippen molar-refractivity contribution in [1.29, 1.82) is 5.26 Å². The first-order valence-electron chi connectivity index (χ1n) is 7.10. The van der Waals surface area contributed by atoms with Gasteiger partial charge in [0.15, 0.2) is 5.13 Å². The summed E-state index contributed by atoms with van der Waals surface area (Å²) in [6.07, 6.45) is 1.29. The third-order valence-electron chi connectivity index (χ3n) is 3.64. The summed E-state index contributed by atoms with van der Waals surface area (Å²) in [5.74, 6) is -0.164. The molecule has 0 radical (unpaired) electrons. The van der Waals surface area contributed by atoms with Crippen LogP contribution in [0.4, 0.5) is 5.13 Å². The second-order valence-corrected chi connectivity index (χ2v) is 6.45. The third-order valence-corrected chi connectivity index (χ3v) is 4.64. The lowest BCUT2D eigenvalue weighted by Crippen LogP contribution is -2.25. The second-order valence-electron chi connectivity index (χ2n) is 5.36. The summed E-state index contributed by atoms with van der Waals surface area (Å²) in [6, 6.07) is 9.18. The zero-order valence-corrected chi connectivity index (χ0v) is 13.1. The van der Waals surface area contributed by atoms with Crippen LogP contribution in [0.15, 0.2) is 24.3 Å². The fourth-order valence-corrected chi connectivity index (χ4v) is 3.49. The maximum absolute atomic E-state index is 12.2. The van der Waals surface area contributed by atoms with Gasteiger partial charge in [-0.05, 0) is 24.7 Å². The molecule has 1 N–H and O–H groups in total. The Morgan fingerprint density at radius 2 is 2.23 bits per heavy atom. The number of nitrogens with zero attached hydrogens (tertiary/aromatic N) is 3. The number of hydrogen-bond acceptors (Lipinski definition) is 5. The lowest BCUT2D eigenvalue weighted by Gasteiger charge is -2.20. The van der Waals surface area contributed by atoms with Crippen molar-refractivity contribution in [1.82, 2.24) is 9.88 Å². The van der Waals surface area contributed by atoms with E-state index < -0.39 is 0 Å². The van der Waals surface area contributed by atoms with Crippen LogP contribution in [0.3, 0.4) is 0 Å². The summed E-state index contributed by atoms with van der Waals surface area (Å²) in [6.45, 7) is 1.90. The molecule has 0 saturated heterocycles. The Hall–Kier alpha value is -2.23. The van der Waals surface area contributed by atoms with Crippen LogP contribution in [-0.4, -0.2) is 29.4 Å². The zero-order chi connectivity index (χ0) is 15.5. The standard InChI is InChI=1S/C16H16N4OS/c1-20-9-7-13-14(10-20)22-16(18-13)19-15(21)12-4-2-11(3-5-12)6-8-17/h2-5H,6-7,9-10H2,1H3,(H,18,19,21). The molecular formula is C16H16N4OS. The Balaban J connectivity index is 1.70. The van der Waals surface area contributed by atoms with Gasteiger partial charge in [-0.25, -0.2) is 4.98 Å². The van der Waals surface area contributed by atoms with Gasteiger partial charge in [0.2, 0.25) is 0 Å². The van der Waals surface area contributed by atoms with Crippen LogP contribution in [0.25, 0.3) is 0 Å². The minimum atomic E-state index is -0.164. The number of aromatic nitrogens is 1. The smallest absolute Gasteiger partial charge is 0.257 e. The number of thiazole rings is 1. The van der Waals surface area contributed by atoms with E-state index in [2.05, 4.69) is 28.3 Å². The van der Waals surface area contributed by atoms with E-state index in [4.69, 9.17) is 5.26 Å². The number of likely N-dealkylation sites (N-methyl/N-ethyl adjacent to an activating group) is 1. The van der Waals surface area contributed by atoms with E-state index in [1.807, 2.05) is 0 Å². The minimum absolute atomic E-state index is 0.164. The molecule has 3 rings (SSSR count). The molecule has 0 bridgehead atoms. The van der Waals surface area contributed by atoms with Gasteiger partial charge in [-0.2, -0.15) is 5.26 Å². The van der Waals surface area contributed by atoms with Gasteiger partial charge in [0, 0.05) is 30.0 Å². The molecule has 22 heavy (non-hydrogen) atoms. The van der Waals surface area contributed by atoms with Crippen LogP contribution in [0.5, 0.6) is 0 Å². The second kappa shape index (κ2) is 6.26. The van der Waals surface area contributed by atoms with Crippen molar-refractivity contribution >= 4 is 22.4 Å². The molecule has 2 aromatic rings. The van der Waals surface area contributed by atoms with Crippen LogP contribution >= 0.6 is 11.3 Å². The van der Waals surface area contributed by atoms with E-state index in [-0.39, 0.29) is 5.91 Å². The quantitative estimate of drug-likeness (QED) is 0.945. The monoisotopic (exact) mass is 312 g/mol. The number of rotatable bonds is 3. The Bertz CT molecular complexity index is 730. The largest absolute Gasteiger partial charge is 0.301 e. The molecule has 1 aliphatic heterocycles. The molecule has 0 unspecified atom stereocenters. The highest BCUT2D eigenvalue weighted by atomic mass is 32.1. The summed E-state index contributed by atoms with van der Waals surface area (Å²) in [7, 11) is 2.09. The highest BCUT2D eigenvalue weighted by molar-refractivity contribution is 7.15. The Morgan fingerprint density at radius 1 is 1.45 bits per heavy atom. The normalized spacial score (nSPS) is 14.2. The molecule has 0 aliphatic carbocycles. The Morgan fingerprint density at radius 3 is 2.95 bits per heavy atom. The van der Waals surface area contributed by atoms with Gasteiger partial charge < -0.3 is 4.90 Å². The molecule has 0 spiro atoms.